The number of ether oxygens (including phenoxy) is 2. The van der Waals surface area contributed by atoms with Crippen molar-refractivity contribution < 1.29 is 22.7 Å². The smallest absolute Gasteiger partial charge is 0.262 e. The molecule has 0 saturated carbocycles. The maximum Gasteiger partial charge on any atom is 0.262 e. The first-order valence-corrected chi connectivity index (χ1v) is 11.4. The van der Waals surface area contributed by atoms with Crippen LogP contribution in [0.15, 0.2) is 65.6 Å². The van der Waals surface area contributed by atoms with Gasteiger partial charge in [0.2, 0.25) is 5.91 Å². The summed E-state index contributed by atoms with van der Waals surface area (Å²) in [6.45, 7) is 3.95. The lowest BCUT2D eigenvalue weighted by Crippen LogP contribution is -2.16. The Morgan fingerprint density at radius 2 is 1.62 bits per heavy atom. The van der Waals surface area contributed by atoms with E-state index in [9.17, 15) is 13.2 Å². The van der Waals surface area contributed by atoms with E-state index in [4.69, 9.17) is 9.47 Å². The molecule has 32 heavy (non-hydrogen) atoms. The van der Waals surface area contributed by atoms with E-state index in [1.807, 2.05) is 32.0 Å². The Morgan fingerprint density at radius 3 is 2.28 bits per heavy atom. The van der Waals surface area contributed by atoms with Gasteiger partial charge in [-0.2, -0.15) is 0 Å². The number of rotatable bonds is 8. The largest absolute Gasteiger partial charge is 0.497 e. The Balaban J connectivity index is 1.70. The average molecular weight is 455 g/mol. The Kier molecular flexibility index (Phi) is 7.05. The number of sulfonamides is 1. The lowest BCUT2D eigenvalue weighted by atomic mass is 10.0. The third-order valence-electron chi connectivity index (χ3n) is 4.96. The number of hydrogen-bond donors (Lipinski definition) is 2. The molecule has 0 heterocycles. The van der Waals surface area contributed by atoms with Gasteiger partial charge in [0, 0.05) is 11.8 Å². The highest BCUT2D eigenvalue weighted by Gasteiger charge is 2.17. The van der Waals surface area contributed by atoms with Crippen molar-refractivity contribution in [2.24, 2.45) is 0 Å². The highest BCUT2D eigenvalue weighted by Crippen LogP contribution is 2.31. The number of benzene rings is 3. The molecule has 7 nitrogen and oxygen atoms in total. The van der Waals surface area contributed by atoms with E-state index in [0.717, 1.165) is 16.7 Å². The quantitative estimate of drug-likeness (QED) is 0.529. The Labute approximate surface area is 188 Å². The zero-order valence-corrected chi connectivity index (χ0v) is 19.2. The highest BCUT2D eigenvalue weighted by molar-refractivity contribution is 7.92. The van der Waals surface area contributed by atoms with Gasteiger partial charge in [-0.1, -0.05) is 23.8 Å². The Hall–Kier alpha value is -3.52. The summed E-state index contributed by atoms with van der Waals surface area (Å²) in [6, 6.07) is 16.8. The molecule has 0 aliphatic carbocycles. The predicted molar refractivity (Wildman–Crippen MR) is 125 cm³/mol. The first kappa shape index (κ1) is 23.1. The molecule has 0 radical (unpaired) electrons. The molecule has 0 aliphatic heterocycles. The SMILES string of the molecule is COc1ccc(NS(=O)(=O)c2ccc(NC(=O)Cc3cc(C)ccc3C)cc2)c(OC)c1. The van der Waals surface area contributed by atoms with E-state index in [1.165, 1.54) is 26.4 Å². The summed E-state index contributed by atoms with van der Waals surface area (Å²) in [5.74, 6) is 0.712. The van der Waals surface area contributed by atoms with Crippen molar-refractivity contribution in [2.45, 2.75) is 25.2 Å². The van der Waals surface area contributed by atoms with Gasteiger partial charge in [0.05, 0.1) is 31.2 Å². The van der Waals surface area contributed by atoms with E-state index in [1.54, 1.807) is 30.3 Å². The molecule has 0 bridgehead atoms. The summed E-state index contributed by atoms with van der Waals surface area (Å²) in [4.78, 5) is 12.5. The second-order valence-electron chi connectivity index (χ2n) is 7.35. The van der Waals surface area contributed by atoms with Crippen LogP contribution in [0.3, 0.4) is 0 Å². The van der Waals surface area contributed by atoms with E-state index in [-0.39, 0.29) is 17.2 Å². The number of carbonyl (C=O) groups excluding carboxylic acids is 1. The summed E-state index contributed by atoms with van der Waals surface area (Å²) in [5, 5.41) is 2.81. The van der Waals surface area contributed by atoms with Crippen LogP contribution in [-0.2, 0) is 21.2 Å². The third-order valence-corrected chi connectivity index (χ3v) is 6.34. The van der Waals surface area contributed by atoms with Gasteiger partial charge in [-0.15, -0.1) is 0 Å². The minimum atomic E-state index is -3.85. The number of nitrogens with one attached hydrogen (secondary N) is 2. The fraction of sp³-hybridized carbons (Fsp3) is 0.208. The molecule has 0 spiro atoms. The van der Waals surface area contributed by atoms with Gasteiger partial charge in [0.15, 0.2) is 0 Å². The fourth-order valence-electron chi connectivity index (χ4n) is 3.17. The van der Waals surface area contributed by atoms with Crippen LogP contribution in [0, 0.1) is 13.8 Å². The van der Waals surface area contributed by atoms with Crippen LogP contribution >= 0.6 is 0 Å². The summed E-state index contributed by atoms with van der Waals surface area (Å²) in [6.07, 6.45) is 0.242. The van der Waals surface area contributed by atoms with Gasteiger partial charge in [-0.25, -0.2) is 8.42 Å². The van der Waals surface area contributed by atoms with Crippen molar-refractivity contribution in [1.29, 1.82) is 0 Å². The van der Waals surface area contributed by atoms with Crippen LogP contribution in [0.2, 0.25) is 0 Å². The molecular formula is C24H26N2O5S. The van der Waals surface area contributed by atoms with Crippen LogP contribution in [0.25, 0.3) is 0 Å². The molecule has 3 aromatic rings. The van der Waals surface area contributed by atoms with Gasteiger partial charge in [0.25, 0.3) is 10.0 Å². The highest BCUT2D eigenvalue weighted by atomic mass is 32.2. The normalized spacial score (nSPS) is 11.0. The second kappa shape index (κ2) is 9.74. The van der Waals surface area contributed by atoms with Crippen molar-refractivity contribution in [1.82, 2.24) is 0 Å². The minimum absolute atomic E-state index is 0.0582. The van der Waals surface area contributed by atoms with Crippen molar-refractivity contribution in [3.63, 3.8) is 0 Å². The predicted octanol–water partition coefficient (Wildman–Crippen LogP) is 4.30. The molecule has 2 N–H and O–H groups in total. The molecule has 0 aliphatic rings. The average Bonchev–Trinajstić information content (AvgIpc) is 2.76. The number of methoxy groups -OCH3 is 2. The van der Waals surface area contributed by atoms with Gasteiger partial charge in [-0.05, 0) is 61.4 Å². The molecule has 3 aromatic carbocycles. The van der Waals surface area contributed by atoms with Gasteiger partial charge in [0.1, 0.15) is 11.5 Å². The number of hydrogen-bond acceptors (Lipinski definition) is 5. The van der Waals surface area contributed by atoms with Gasteiger partial charge in [-0.3, -0.25) is 9.52 Å². The van der Waals surface area contributed by atoms with E-state index in [2.05, 4.69) is 10.0 Å². The monoisotopic (exact) mass is 454 g/mol. The van der Waals surface area contributed by atoms with Crippen LogP contribution in [0.4, 0.5) is 11.4 Å². The maximum absolute atomic E-state index is 12.8. The number of carbonyl (C=O) groups is 1. The molecule has 0 saturated heterocycles. The third kappa shape index (κ3) is 5.59. The summed E-state index contributed by atoms with van der Waals surface area (Å²) < 4.78 is 38.5. The molecule has 8 heteroatoms. The molecule has 0 atom stereocenters. The maximum atomic E-state index is 12.8. The van der Waals surface area contributed by atoms with Crippen LogP contribution < -0.4 is 19.5 Å². The Morgan fingerprint density at radius 1 is 0.906 bits per heavy atom. The first-order valence-electron chi connectivity index (χ1n) is 9.92. The standard InChI is InChI=1S/C24H26N2O5S/c1-16-5-6-17(2)18(13-16)14-24(27)25-19-7-10-21(11-8-19)32(28,29)26-22-12-9-20(30-3)15-23(22)31-4/h5-13,15,26H,14H2,1-4H3,(H,25,27). The number of aryl methyl sites for hydroxylation is 2. The van der Waals surface area contributed by atoms with E-state index in [0.29, 0.717) is 22.9 Å². The minimum Gasteiger partial charge on any atom is -0.497 e. The van der Waals surface area contributed by atoms with Gasteiger partial charge >= 0.3 is 0 Å². The Bertz CT molecular complexity index is 1220. The molecule has 1 amide bonds. The molecule has 168 valence electrons. The molecule has 0 unspecified atom stereocenters. The fourth-order valence-corrected chi connectivity index (χ4v) is 4.24. The van der Waals surface area contributed by atoms with Crippen molar-refractivity contribution in [3.8, 4) is 11.5 Å². The summed E-state index contributed by atoms with van der Waals surface area (Å²) in [5.41, 5.74) is 3.90. The zero-order valence-electron chi connectivity index (χ0n) is 18.4. The van der Waals surface area contributed by atoms with E-state index < -0.39 is 10.0 Å². The van der Waals surface area contributed by atoms with Crippen LogP contribution in [0.5, 0.6) is 11.5 Å². The molecule has 0 fully saturated rings. The van der Waals surface area contributed by atoms with Gasteiger partial charge < -0.3 is 14.8 Å². The van der Waals surface area contributed by atoms with Crippen molar-refractivity contribution >= 4 is 27.3 Å². The van der Waals surface area contributed by atoms with Crippen molar-refractivity contribution in [3.05, 3.63) is 77.4 Å². The summed E-state index contributed by atoms with van der Waals surface area (Å²) in [7, 11) is -0.892. The molecule has 3 rings (SSSR count). The molecule has 0 aromatic heterocycles. The summed E-state index contributed by atoms with van der Waals surface area (Å²) >= 11 is 0. The number of anilines is 2. The lowest BCUT2D eigenvalue weighted by Gasteiger charge is -2.13. The van der Waals surface area contributed by atoms with Crippen molar-refractivity contribution in [2.75, 3.05) is 24.3 Å². The zero-order chi connectivity index (χ0) is 23.3. The second-order valence-corrected chi connectivity index (χ2v) is 9.03. The molecular weight excluding hydrogens is 428 g/mol. The number of amides is 1. The van der Waals surface area contributed by atoms with Crippen LogP contribution in [-0.4, -0.2) is 28.5 Å². The van der Waals surface area contributed by atoms with Crippen LogP contribution in [0.1, 0.15) is 16.7 Å². The lowest BCUT2D eigenvalue weighted by molar-refractivity contribution is -0.115. The van der Waals surface area contributed by atoms with E-state index >= 15 is 0 Å². The topological polar surface area (TPSA) is 93.7 Å². The first-order chi connectivity index (χ1) is 15.2.